The molecule has 0 aromatic heterocycles. The van der Waals surface area contributed by atoms with Gasteiger partial charge in [0.2, 0.25) is 5.91 Å². The largest absolute Gasteiger partial charge is 0.393 e. The van der Waals surface area contributed by atoms with Gasteiger partial charge in [0.25, 0.3) is 5.91 Å². The number of hydrogen-bond donors (Lipinski definition) is 7. The summed E-state index contributed by atoms with van der Waals surface area (Å²) in [5.41, 5.74) is 7.85. The molecule has 0 radical (unpaired) electrons. The zero-order chi connectivity index (χ0) is 23.6. The van der Waals surface area contributed by atoms with Gasteiger partial charge in [0.1, 0.15) is 6.04 Å². The maximum absolute atomic E-state index is 12.9. The Morgan fingerprint density at radius 2 is 2.00 bits per heavy atom. The molecule has 1 aliphatic heterocycles. The molecule has 9 heteroatoms. The zero-order valence-electron chi connectivity index (χ0n) is 19.7. The van der Waals surface area contributed by atoms with E-state index in [0.717, 1.165) is 17.0 Å². The molecule has 178 valence electrons. The molecule has 1 unspecified atom stereocenters. The van der Waals surface area contributed by atoms with Crippen LogP contribution in [0.1, 0.15) is 39.5 Å². The summed E-state index contributed by atoms with van der Waals surface area (Å²) in [5, 5.41) is 18.3. The van der Waals surface area contributed by atoms with Gasteiger partial charge in [-0.3, -0.25) is 9.59 Å². The Hall–Kier alpha value is -2.78. The number of hydrogen-bond acceptors (Lipinski definition) is 7. The van der Waals surface area contributed by atoms with E-state index < -0.39 is 11.5 Å². The molecule has 0 saturated heterocycles. The van der Waals surface area contributed by atoms with Crippen molar-refractivity contribution in [1.82, 2.24) is 31.9 Å². The van der Waals surface area contributed by atoms with Crippen LogP contribution in [0.2, 0.25) is 0 Å². The van der Waals surface area contributed by atoms with Crippen molar-refractivity contribution in [2.75, 3.05) is 27.3 Å². The van der Waals surface area contributed by atoms with Crippen LogP contribution in [-0.2, 0) is 9.59 Å². The molecule has 9 nitrogen and oxygen atoms in total. The highest BCUT2D eigenvalue weighted by molar-refractivity contribution is 5.86. The first-order chi connectivity index (χ1) is 15.3. The lowest BCUT2D eigenvalue weighted by atomic mass is 9.86. The van der Waals surface area contributed by atoms with Crippen molar-refractivity contribution >= 4 is 11.8 Å². The SMILES string of the molecule is CN/C=C(\CCC(C)(C)C(=O)NCNC)NC(=O)C1C=CC=C(/C(=C/NC2CC2)CN)N1. The topological polar surface area (TPSA) is 132 Å². The summed E-state index contributed by atoms with van der Waals surface area (Å²) >= 11 is 0. The van der Waals surface area contributed by atoms with Gasteiger partial charge in [-0.05, 0) is 38.8 Å². The minimum Gasteiger partial charge on any atom is -0.393 e. The fourth-order valence-electron chi connectivity index (χ4n) is 3.14. The van der Waals surface area contributed by atoms with Gasteiger partial charge in [0.05, 0.1) is 6.67 Å². The molecule has 0 bridgehead atoms. The molecular weight excluding hydrogens is 406 g/mol. The molecule has 8 N–H and O–H groups in total. The Labute approximate surface area is 191 Å². The highest BCUT2D eigenvalue weighted by Gasteiger charge is 2.28. The van der Waals surface area contributed by atoms with E-state index in [2.05, 4.69) is 31.9 Å². The minimum absolute atomic E-state index is 0.0328. The average Bonchev–Trinajstić information content (AvgIpc) is 3.61. The van der Waals surface area contributed by atoms with Crippen LogP contribution in [0.4, 0.5) is 0 Å². The van der Waals surface area contributed by atoms with E-state index in [-0.39, 0.29) is 11.8 Å². The lowest BCUT2D eigenvalue weighted by molar-refractivity contribution is -0.129. The molecule has 0 aromatic rings. The van der Waals surface area contributed by atoms with Gasteiger partial charge in [-0.25, -0.2) is 0 Å². The lowest BCUT2D eigenvalue weighted by Gasteiger charge is -2.26. The quantitative estimate of drug-likeness (QED) is 0.202. The number of nitrogens with one attached hydrogen (secondary N) is 6. The Morgan fingerprint density at radius 3 is 2.62 bits per heavy atom. The van der Waals surface area contributed by atoms with Crippen LogP contribution in [0.25, 0.3) is 0 Å². The van der Waals surface area contributed by atoms with Crippen molar-refractivity contribution in [3.63, 3.8) is 0 Å². The van der Waals surface area contributed by atoms with Gasteiger partial charge in [-0.15, -0.1) is 0 Å². The number of nitrogens with two attached hydrogens (primary N) is 1. The van der Waals surface area contributed by atoms with Gasteiger partial charge in [0, 0.05) is 54.4 Å². The first-order valence-corrected chi connectivity index (χ1v) is 11.2. The normalized spacial score (nSPS) is 19.0. The summed E-state index contributed by atoms with van der Waals surface area (Å²) in [4.78, 5) is 25.3. The van der Waals surface area contributed by atoms with Crippen LogP contribution >= 0.6 is 0 Å². The van der Waals surface area contributed by atoms with E-state index in [4.69, 9.17) is 5.73 Å². The molecule has 1 aliphatic carbocycles. The van der Waals surface area contributed by atoms with Crippen LogP contribution in [0.3, 0.4) is 0 Å². The molecule has 1 atom stereocenters. The number of amides is 2. The second-order valence-corrected chi connectivity index (χ2v) is 8.77. The second kappa shape index (κ2) is 12.3. The molecule has 2 amide bonds. The second-order valence-electron chi connectivity index (χ2n) is 8.77. The smallest absolute Gasteiger partial charge is 0.250 e. The first-order valence-electron chi connectivity index (χ1n) is 11.2. The number of rotatable bonds is 13. The Bertz CT molecular complexity index is 779. The van der Waals surface area contributed by atoms with E-state index >= 15 is 0 Å². The summed E-state index contributed by atoms with van der Waals surface area (Å²) in [5.74, 6) is -0.202. The van der Waals surface area contributed by atoms with Gasteiger partial charge in [-0.2, -0.15) is 0 Å². The molecule has 2 aliphatic rings. The Kier molecular flexibility index (Phi) is 9.80. The summed E-state index contributed by atoms with van der Waals surface area (Å²) in [6.45, 7) is 4.59. The van der Waals surface area contributed by atoms with Gasteiger partial charge >= 0.3 is 0 Å². The molecule has 2 rings (SSSR count). The van der Waals surface area contributed by atoms with Crippen molar-refractivity contribution in [3.8, 4) is 0 Å². The number of dihydropyridines is 1. The predicted octanol–water partition coefficient (Wildman–Crippen LogP) is 0.269. The highest BCUT2D eigenvalue weighted by Crippen LogP contribution is 2.24. The van der Waals surface area contributed by atoms with Crippen LogP contribution in [0.5, 0.6) is 0 Å². The van der Waals surface area contributed by atoms with Crippen molar-refractivity contribution < 1.29 is 9.59 Å². The third kappa shape index (κ3) is 8.05. The molecule has 0 spiro atoms. The summed E-state index contributed by atoms with van der Waals surface area (Å²) in [6.07, 6.45) is 12.8. The van der Waals surface area contributed by atoms with Crippen LogP contribution < -0.4 is 37.6 Å². The van der Waals surface area contributed by atoms with E-state index in [1.807, 2.05) is 38.3 Å². The van der Waals surface area contributed by atoms with E-state index in [1.165, 1.54) is 12.8 Å². The molecule has 1 heterocycles. The van der Waals surface area contributed by atoms with Crippen molar-refractivity contribution in [3.05, 3.63) is 47.6 Å². The van der Waals surface area contributed by atoms with Crippen LogP contribution in [0, 0.1) is 5.41 Å². The molecule has 1 saturated carbocycles. The third-order valence-corrected chi connectivity index (χ3v) is 5.46. The standard InChI is InChI=1S/C23H39N7O2/c1-23(2,22(32)28-15-26-4)11-10-18(14-25-3)29-21(31)20-7-5-6-19(30-20)16(12-24)13-27-17-8-9-17/h5-7,13-14,17,20,25-27,30H,8-12,15,24H2,1-4H3,(H,28,32)(H,29,31)/b16-13+,18-14+. The predicted molar refractivity (Wildman–Crippen MR) is 128 cm³/mol. The van der Waals surface area contributed by atoms with Gasteiger partial charge in [-0.1, -0.05) is 26.0 Å². The Morgan fingerprint density at radius 1 is 1.25 bits per heavy atom. The fourth-order valence-corrected chi connectivity index (χ4v) is 3.14. The maximum atomic E-state index is 12.9. The van der Waals surface area contributed by atoms with Crippen molar-refractivity contribution in [1.29, 1.82) is 0 Å². The number of allylic oxidation sites excluding steroid dienone is 3. The fraction of sp³-hybridized carbons (Fsp3) is 0.565. The van der Waals surface area contributed by atoms with E-state index in [1.54, 1.807) is 20.3 Å². The molecular formula is C23H39N7O2. The average molecular weight is 446 g/mol. The molecule has 1 fully saturated rings. The monoisotopic (exact) mass is 445 g/mol. The first kappa shape index (κ1) is 25.5. The van der Waals surface area contributed by atoms with Crippen LogP contribution in [-0.4, -0.2) is 51.2 Å². The number of carbonyl (C=O) groups is 2. The lowest BCUT2D eigenvalue weighted by Crippen LogP contribution is -2.44. The number of carbonyl (C=O) groups excluding carboxylic acids is 2. The summed E-state index contributed by atoms with van der Waals surface area (Å²) in [7, 11) is 3.56. The summed E-state index contributed by atoms with van der Waals surface area (Å²) < 4.78 is 0. The van der Waals surface area contributed by atoms with Gasteiger partial charge < -0.3 is 37.6 Å². The summed E-state index contributed by atoms with van der Waals surface area (Å²) in [6, 6.07) is 0.0206. The Balaban J connectivity index is 1.94. The maximum Gasteiger partial charge on any atom is 0.250 e. The van der Waals surface area contributed by atoms with Crippen molar-refractivity contribution in [2.24, 2.45) is 11.1 Å². The van der Waals surface area contributed by atoms with Crippen molar-refractivity contribution in [2.45, 2.75) is 51.6 Å². The third-order valence-electron chi connectivity index (χ3n) is 5.46. The molecule has 0 aromatic carbocycles. The van der Waals surface area contributed by atoms with E-state index in [0.29, 0.717) is 32.1 Å². The highest BCUT2D eigenvalue weighted by atomic mass is 16.2. The van der Waals surface area contributed by atoms with Crippen LogP contribution in [0.15, 0.2) is 47.6 Å². The van der Waals surface area contributed by atoms with Gasteiger partial charge in [0.15, 0.2) is 0 Å². The van der Waals surface area contributed by atoms with E-state index in [9.17, 15) is 9.59 Å². The minimum atomic E-state index is -0.567. The zero-order valence-corrected chi connectivity index (χ0v) is 19.7. The molecule has 32 heavy (non-hydrogen) atoms.